The maximum Gasteiger partial charge on any atom is 0.410 e. The van der Waals surface area contributed by atoms with E-state index < -0.39 is 17.8 Å². The predicted molar refractivity (Wildman–Crippen MR) is 162 cm³/mol. The third-order valence-corrected chi connectivity index (χ3v) is 7.30. The molecule has 1 atom stereocenters. The van der Waals surface area contributed by atoms with E-state index in [1.54, 1.807) is 52.9 Å². The van der Waals surface area contributed by atoms with Gasteiger partial charge in [-0.05, 0) is 78.7 Å². The molecule has 1 aliphatic rings. The number of halogens is 2. The number of hydrogen-bond acceptors (Lipinski definition) is 10. The predicted octanol–water partition coefficient (Wildman–Crippen LogP) is 5.49. The van der Waals surface area contributed by atoms with Crippen molar-refractivity contribution >= 4 is 35.1 Å². The first-order chi connectivity index (χ1) is 19.8. The Hall–Kier alpha value is -3.12. The average Bonchev–Trinajstić information content (AvgIpc) is 3.26. The Balaban J connectivity index is 1.59. The molecule has 0 aliphatic carbocycles. The normalized spacial score (nSPS) is 14.9. The van der Waals surface area contributed by atoms with Crippen LogP contribution in [-0.2, 0) is 4.74 Å². The fourth-order valence-corrected chi connectivity index (χ4v) is 4.99. The number of carbonyl (C=O) groups excluding carboxylic acids is 1. The van der Waals surface area contributed by atoms with Gasteiger partial charge in [0, 0.05) is 18.7 Å². The van der Waals surface area contributed by atoms with Gasteiger partial charge in [0.15, 0.2) is 5.82 Å². The monoisotopic (exact) mass is 620 g/mol. The molecule has 1 aliphatic heterocycles. The molecule has 4 rings (SSSR count). The van der Waals surface area contributed by atoms with Gasteiger partial charge in [0.1, 0.15) is 46.4 Å². The maximum atomic E-state index is 12.2. The molecule has 0 bridgehead atoms. The van der Waals surface area contributed by atoms with Crippen LogP contribution in [-0.4, -0.2) is 82.3 Å². The van der Waals surface area contributed by atoms with E-state index in [0.717, 1.165) is 25.9 Å². The topological polar surface area (TPSA) is 135 Å². The fraction of sp³-hybridized carbons (Fsp3) is 0.517. The fourth-order valence-electron chi connectivity index (χ4n) is 4.55. The number of piperidine rings is 1. The zero-order chi connectivity index (χ0) is 30.6. The molecule has 1 fully saturated rings. The lowest BCUT2D eigenvalue weighted by molar-refractivity contribution is 0.0154. The quantitative estimate of drug-likeness (QED) is 0.281. The lowest BCUT2D eigenvalue weighted by Gasteiger charge is -2.26. The molecule has 11 nitrogen and oxygen atoms in total. The van der Waals surface area contributed by atoms with Gasteiger partial charge in [-0.1, -0.05) is 28.4 Å². The SMILES string of the molecule is Cc1noc(C)c1-c1nc(-c2cc(OCC(O)CN(C)C(=O)OC(C)(C)C)ccc2Cl)nc(NC2CCNCC2)c1Cl. The first-order valence-electron chi connectivity index (χ1n) is 13.8. The van der Waals surface area contributed by atoms with Crippen LogP contribution < -0.4 is 15.4 Å². The van der Waals surface area contributed by atoms with Gasteiger partial charge in [0.05, 0.1) is 22.8 Å². The number of nitrogens with zero attached hydrogens (tertiary/aromatic N) is 4. The van der Waals surface area contributed by atoms with Crippen molar-refractivity contribution in [1.82, 2.24) is 25.3 Å². The minimum atomic E-state index is -0.958. The summed E-state index contributed by atoms with van der Waals surface area (Å²) in [6.45, 7) is 10.7. The molecule has 1 saturated heterocycles. The summed E-state index contributed by atoms with van der Waals surface area (Å²) in [6, 6.07) is 5.27. The number of aryl methyl sites for hydroxylation is 2. The number of amides is 1. The molecule has 1 amide bonds. The summed E-state index contributed by atoms with van der Waals surface area (Å²) >= 11 is 13.5. The van der Waals surface area contributed by atoms with E-state index >= 15 is 0 Å². The number of aliphatic hydroxyl groups excluding tert-OH is 1. The lowest BCUT2D eigenvalue weighted by atomic mass is 10.1. The molecule has 0 radical (unpaired) electrons. The number of carbonyl (C=O) groups is 1. The minimum absolute atomic E-state index is 0.0299. The highest BCUT2D eigenvalue weighted by molar-refractivity contribution is 6.35. The summed E-state index contributed by atoms with van der Waals surface area (Å²) in [5.74, 6) is 1.86. The number of aliphatic hydroxyl groups is 1. The number of anilines is 1. The van der Waals surface area contributed by atoms with Crippen molar-refractivity contribution in [1.29, 1.82) is 0 Å². The van der Waals surface area contributed by atoms with Gasteiger partial charge in [-0.15, -0.1) is 0 Å². The molecule has 13 heteroatoms. The Kier molecular flexibility index (Phi) is 10.2. The van der Waals surface area contributed by atoms with E-state index in [9.17, 15) is 9.90 Å². The molecule has 1 unspecified atom stereocenters. The molecule has 2 aromatic heterocycles. The Bertz CT molecular complexity index is 1380. The molecule has 3 heterocycles. The number of benzene rings is 1. The van der Waals surface area contributed by atoms with Crippen LogP contribution in [0.2, 0.25) is 10.0 Å². The van der Waals surface area contributed by atoms with E-state index in [1.807, 2.05) is 6.92 Å². The highest BCUT2D eigenvalue weighted by Gasteiger charge is 2.25. The summed E-state index contributed by atoms with van der Waals surface area (Å²) < 4.78 is 16.6. The summed E-state index contributed by atoms with van der Waals surface area (Å²) in [4.78, 5) is 23.1. The second-order valence-electron chi connectivity index (χ2n) is 11.4. The third kappa shape index (κ3) is 8.03. The summed E-state index contributed by atoms with van der Waals surface area (Å²) in [5, 5.41) is 22.2. The van der Waals surface area contributed by atoms with E-state index in [1.165, 1.54) is 4.90 Å². The van der Waals surface area contributed by atoms with Gasteiger partial charge >= 0.3 is 6.09 Å². The highest BCUT2D eigenvalue weighted by Crippen LogP contribution is 2.39. The van der Waals surface area contributed by atoms with Gasteiger partial charge in [-0.2, -0.15) is 0 Å². The Labute approximate surface area is 255 Å². The Morgan fingerprint density at radius 2 is 1.95 bits per heavy atom. The molecular formula is C29H38Cl2N6O5. The van der Waals surface area contributed by atoms with Crippen molar-refractivity contribution in [3.8, 4) is 28.4 Å². The Morgan fingerprint density at radius 1 is 1.24 bits per heavy atom. The standard InChI is InChI=1S/C29H38Cl2N6O5/c1-16-23(17(2)42-36-16)25-24(31)27(33-18-9-11-32-12-10-18)35-26(34-25)21-13-20(7-8-22(21)30)40-15-19(38)14-37(6)28(39)41-29(3,4)5/h7-8,13,18-19,32,38H,9-12,14-15H2,1-6H3,(H,33,34,35). The Morgan fingerprint density at radius 3 is 2.60 bits per heavy atom. The first-order valence-corrected chi connectivity index (χ1v) is 14.6. The zero-order valence-corrected chi connectivity index (χ0v) is 26.3. The van der Waals surface area contributed by atoms with Crippen LogP contribution in [0.5, 0.6) is 5.75 Å². The van der Waals surface area contributed by atoms with Crippen LogP contribution in [0.4, 0.5) is 10.6 Å². The van der Waals surface area contributed by atoms with Crippen LogP contribution in [0.3, 0.4) is 0 Å². The van der Waals surface area contributed by atoms with E-state index in [0.29, 0.717) is 55.7 Å². The van der Waals surface area contributed by atoms with Crippen LogP contribution >= 0.6 is 23.2 Å². The molecule has 3 aromatic rings. The van der Waals surface area contributed by atoms with Crippen molar-refractivity contribution in [2.24, 2.45) is 0 Å². The first kappa shape index (κ1) is 31.8. The molecule has 3 N–H and O–H groups in total. The average molecular weight is 622 g/mol. The van der Waals surface area contributed by atoms with Crippen molar-refractivity contribution < 1.29 is 23.9 Å². The third-order valence-electron chi connectivity index (χ3n) is 6.61. The summed E-state index contributed by atoms with van der Waals surface area (Å²) in [7, 11) is 1.56. The molecule has 0 spiro atoms. The molecule has 1 aromatic carbocycles. The smallest absolute Gasteiger partial charge is 0.410 e. The van der Waals surface area contributed by atoms with Crippen LogP contribution in [0.1, 0.15) is 45.1 Å². The van der Waals surface area contributed by atoms with E-state index in [2.05, 4.69) is 15.8 Å². The zero-order valence-electron chi connectivity index (χ0n) is 24.8. The van der Waals surface area contributed by atoms with Crippen molar-refractivity contribution in [2.75, 3.05) is 38.6 Å². The van der Waals surface area contributed by atoms with Crippen molar-refractivity contribution in [3.63, 3.8) is 0 Å². The van der Waals surface area contributed by atoms with Gasteiger partial charge in [-0.25, -0.2) is 14.8 Å². The minimum Gasteiger partial charge on any atom is -0.491 e. The van der Waals surface area contributed by atoms with Gasteiger partial charge < -0.3 is 34.6 Å². The highest BCUT2D eigenvalue weighted by atomic mass is 35.5. The maximum absolute atomic E-state index is 12.2. The number of ether oxygens (including phenoxy) is 2. The van der Waals surface area contributed by atoms with Crippen LogP contribution in [0.25, 0.3) is 22.6 Å². The molecule has 228 valence electrons. The number of likely N-dealkylation sites (N-methyl/N-ethyl adjacent to an activating group) is 1. The molecular weight excluding hydrogens is 583 g/mol. The summed E-state index contributed by atoms with van der Waals surface area (Å²) in [5.41, 5.74) is 1.72. The lowest BCUT2D eigenvalue weighted by Crippen LogP contribution is -2.40. The molecule has 0 saturated carbocycles. The van der Waals surface area contributed by atoms with Crippen molar-refractivity contribution in [2.45, 2.75) is 65.2 Å². The van der Waals surface area contributed by atoms with E-state index in [4.69, 9.17) is 47.2 Å². The largest absolute Gasteiger partial charge is 0.491 e. The summed E-state index contributed by atoms with van der Waals surface area (Å²) in [6.07, 6.45) is 0.357. The van der Waals surface area contributed by atoms with Crippen LogP contribution in [0, 0.1) is 13.8 Å². The second kappa shape index (κ2) is 13.5. The number of hydrogen-bond donors (Lipinski definition) is 3. The number of aromatic nitrogens is 3. The van der Waals surface area contributed by atoms with Gasteiger partial charge in [0.25, 0.3) is 0 Å². The number of rotatable bonds is 9. The second-order valence-corrected chi connectivity index (χ2v) is 12.2. The van der Waals surface area contributed by atoms with Crippen LogP contribution in [0.15, 0.2) is 22.7 Å². The van der Waals surface area contributed by atoms with Gasteiger partial charge in [-0.3, -0.25) is 0 Å². The van der Waals surface area contributed by atoms with Crippen molar-refractivity contribution in [3.05, 3.63) is 39.7 Å². The van der Waals surface area contributed by atoms with Gasteiger partial charge in [0.2, 0.25) is 0 Å². The molecule has 42 heavy (non-hydrogen) atoms. The van der Waals surface area contributed by atoms with E-state index in [-0.39, 0.29) is 19.2 Å². The number of nitrogens with one attached hydrogen (secondary N) is 2.